The van der Waals surface area contributed by atoms with Gasteiger partial charge in [-0.3, -0.25) is 4.79 Å². The van der Waals surface area contributed by atoms with Crippen molar-refractivity contribution in [3.63, 3.8) is 0 Å². The fourth-order valence-corrected chi connectivity index (χ4v) is 6.09. The van der Waals surface area contributed by atoms with Crippen LogP contribution in [0.25, 0.3) is 10.8 Å². The van der Waals surface area contributed by atoms with E-state index in [1.807, 2.05) is 56.3 Å². The Hall–Kier alpha value is -2.45. The molecule has 2 atom stereocenters. The van der Waals surface area contributed by atoms with Gasteiger partial charge in [0.05, 0.1) is 17.2 Å². The van der Waals surface area contributed by atoms with Crippen LogP contribution in [0.15, 0.2) is 65.6 Å². The first-order valence-electron chi connectivity index (χ1n) is 10.4. The number of hydrogen-bond acceptors (Lipinski definition) is 4. The summed E-state index contributed by atoms with van der Waals surface area (Å²) in [5, 5.41) is 2.17. The Morgan fingerprint density at radius 2 is 1.66 bits per heavy atom. The minimum absolute atomic E-state index is 0.0711. The highest BCUT2D eigenvalue weighted by Crippen LogP contribution is 2.29. The van der Waals surface area contributed by atoms with Crippen molar-refractivity contribution in [2.75, 3.05) is 25.0 Å². The number of carbonyl (C=O) groups is 1. The zero-order valence-corrected chi connectivity index (χ0v) is 19.7. The fraction of sp³-hybridized carbons (Fsp3) is 0.292. The van der Waals surface area contributed by atoms with E-state index >= 15 is 0 Å². The third-order valence-electron chi connectivity index (χ3n) is 5.61. The van der Waals surface area contributed by atoms with Crippen LogP contribution in [0, 0.1) is 0 Å². The predicted molar refractivity (Wildman–Crippen MR) is 127 cm³/mol. The molecule has 8 heteroatoms. The highest BCUT2D eigenvalue weighted by molar-refractivity contribution is 7.89. The van der Waals surface area contributed by atoms with E-state index in [9.17, 15) is 13.2 Å². The molecule has 1 aliphatic rings. The molecule has 168 valence electrons. The Morgan fingerprint density at radius 3 is 2.34 bits per heavy atom. The van der Waals surface area contributed by atoms with Crippen LogP contribution >= 0.6 is 11.6 Å². The molecule has 32 heavy (non-hydrogen) atoms. The van der Waals surface area contributed by atoms with E-state index < -0.39 is 10.0 Å². The highest BCUT2D eigenvalue weighted by atomic mass is 35.5. The summed E-state index contributed by atoms with van der Waals surface area (Å²) < 4.78 is 33.7. The lowest BCUT2D eigenvalue weighted by Gasteiger charge is -2.34. The monoisotopic (exact) mass is 472 g/mol. The van der Waals surface area contributed by atoms with Crippen LogP contribution in [0.3, 0.4) is 0 Å². The number of rotatable bonds is 4. The number of ether oxygens (including phenoxy) is 1. The van der Waals surface area contributed by atoms with Crippen LogP contribution in [0.5, 0.6) is 0 Å². The number of amides is 1. The fourth-order valence-electron chi connectivity index (χ4n) is 4.00. The summed E-state index contributed by atoms with van der Waals surface area (Å²) in [6.07, 6.45) is -0.452. The standard InChI is InChI=1S/C24H25ClN2O4S/c1-16-14-27(15-17(2)31-16)32(29,30)23-13-20(9-11-22(23)25)24(28)26(3)21-10-8-18-6-4-5-7-19(18)12-21/h4-13,16-17H,14-15H2,1-3H3. The maximum atomic E-state index is 13.3. The lowest BCUT2D eigenvalue weighted by Crippen LogP contribution is -2.48. The van der Waals surface area contributed by atoms with Gasteiger partial charge in [-0.2, -0.15) is 4.31 Å². The molecule has 1 amide bonds. The molecule has 1 fully saturated rings. The van der Waals surface area contributed by atoms with Crippen LogP contribution in [0.2, 0.25) is 5.02 Å². The van der Waals surface area contributed by atoms with E-state index in [0.717, 1.165) is 10.8 Å². The molecule has 2 unspecified atom stereocenters. The molecule has 1 saturated heterocycles. The number of anilines is 1. The molecule has 1 aliphatic heterocycles. The van der Waals surface area contributed by atoms with E-state index in [-0.39, 0.29) is 46.7 Å². The Morgan fingerprint density at radius 1 is 1.00 bits per heavy atom. The quantitative estimate of drug-likeness (QED) is 0.558. The van der Waals surface area contributed by atoms with Crippen molar-refractivity contribution in [3.05, 3.63) is 71.2 Å². The summed E-state index contributed by atoms with van der Waals surface area (Å²) in [5.41, 5.74) is 0.960. The summed E-state index contributed by atoms with van der Waals surface area (Å²) in [7, 11) is -2.22. The second-order valence-corrected chi connectivity index (χ2v) is 10.4. The van der Waals surface area contributed by atoms with Gasteiger partial charge in [0.1, 0.15) is 4.90 Å². The first-order chi connectivity index (χ1) is 15.2. The van der Waals surface area contributed by atoms with Gasteiger partial charge in [0.25, 0.3) is 5.91 Å². The first-order valence-corrected chi connectivity index (χ1v) is 12.2. The number of hydrogen-bond donors (Lipinski definition) is 0. The second-order valence-electron chi connectivity index (χ2n) is 8.12. The molecule has 1 heterocycles. The SMILES string of the molecule is CC1CN(S(=O)(=O)c2cc(C(=O)N(C)c3ccc4ccccc4c3)ccc2Cl)CC(C)O1. The third kappa shape index (κ3) is 4.38. The number of carbonyl (C=O) groups excluding carboxylic acids is 1. The largest absolute Gasteiger partial charge is 0.373 e. The number of nitrogens with zero attached hydrogens (tertiary/aromatic N) is 2. The summed E-state index contributed by atoms with van der Waals surface area (Å²) in [6.45, 7) is 4.13. The summed E-state index contributed by atoms with van der Waals surface area (Å²) in [6, 6.07) is 18.0. The van der Waals surface area contributed by atoms with Crippen LogP contribution in [-0.2, 0) is 14.8 Å². The molecule has 3 aromatic carbocycles. The minimum Gasteiger partial charge on any atom is -0.373 e. The molecule has 0 saturated carbocycles. The van der Waals surface area contributed by atoms with E-state index in [0.29, 0.717) is 5.69 Å². The van der Waals surface area contributed by atoms with Crippen molar-refractivity contribution in [2.24, 2.45) is 0 Å². The van der Waals surface area contributed by atoms with E-state index in [1.165, 1.54) is 21.3 Å². The van der Waals surface area contributed by atoms with Gasteiger partial charge in [-0.1, -0.05) is 41.9 Å². The van der Waals surface area contributed by atoms with Gasteiger partial charge in [-0.25, -0.2) is 8.42 Å². The van der Waals surface area contributed by atoms with Crippen LogP contribution in [-0.4, -0.2) is 51.0 Å². The van der Waals surface area contributed by atoms with Crippen molar-refractivity contribution in [1.29, 1.82) is 0 Å². The van der Waals surface area contributed by atoms with Crippen LogP contribution in [0.4, 0.5) is 5.69 Å². The number of morpholine rings is 1. The molecule has 0 spiro atoms. The molecule has 6 nitrogen and oxygen atoms in total. The second kappa shape index (κ2) is 8.83. The Balaban J connectivity index is 1.66. The molecule has 4 rings (SSSR count). The first kappa shape index (κ1) is 22.7. The van der Waals surface area contributed by atoms with Crippen LogP contribution < -0.4 is 4.90 Å². The van der Waals surface area contributed by atoms with Crippen LogP contribution in [0.1, 0.15) is 24.2 Å². The highest BCUT2D eigenvalue weighted by Gasteiger charge is 2.34. The van der Waals surface area contributed by atoms with Gasteiger partial charge < -0.3 is 9.64 Å². The smallest absolute Gasteiger partial charge is 0.258 e. The minimum atomic E-state index is -3.88. The molecule has 0 aromatic heterocycles. The number of fused-ring (bicyclic) bond motifs is 1. The molecular formula is C24H25ClN2O4S. The van der Waals surface area contributed by atoms with Crippen molar-refractivity contribution >= 4 is 44.0 Å². The van der Waals surface area contributed by atoms with E-state index in [4.69, 9.17) is 16.3 Å². The van der Waals surface area contributed by atoms with E-state index in [2.05, 4.69) is 0 Å². The Bertz CT molecular complexity index is 1270. The van der Waals surface area contributed by atoms with E-state index in [1.54, 1.807) is 13.1 Å². The lowest BCUT2D eigenvalue weighted by atomic mass is 10.1. The maximum Gasteiger partial charge on any atom is 0.258 e. The van der Waals surface area contributed by atoms with Crippen molar-refractivity contribution in [3.8, 4) is 0 Å². The molecule has 0 radical (unpaired) electrons. The topological polar surface area (TPSA) is 66.9 Å². The average molecular weight is 473 g/mol. The number of halogens is 1. The summed E-state index contributed by atoms with van der Waals surface area (Å²) >= 11 is 6.28. The molecule has 0 bridgehead atoms. The van der Waals surface area contributed by atoms with Gasteiger partial charge >= 0.3 is 0 Å². The van der Waals surface area contributed by atoms with Gasteiger partial charge in [0.2, 0.25) is 10.0 Å². The summed E-state index contributed by atoms with van der Waals surface area (Å²) in [4.78, 5) is 14.6. The zero-order chi connectivity index (χ0) is 23.0. The van der Waals surface area contributed by atoms with Gasteiger partial charge in [0.15, 0.2) is 0 Å². The van der Waals surface area contributed by atoms with Gasteiger partial charge in [-0.05, 0) is 55.0 Å². The van der Waals surface area contributed by atoms with Crippen molar-refractivity contribution in [2.45, 2.75) is 31.0 Å². The van der Waals surface area contributed by atoms with Crippen molar-refractivity contribution in [1.82, 2.24) is 4.31 Å². The average Bonchev–Trinajstić information content (AvgIpc) is 2.77. The molecular weight excluding hydrogens is 448 g/mol. The molecule has 0 N–H and O–H groups in total. The van der Waals surface area contributed by atoms with Gasteiger partial charge in [0, 0.05) is 31.4 Å². The van der Waals surface area contributed by atoms with Gasteiger partial charge in [-0.15, -0.1) is 0 Å². The molecule has 3 aromatic rings. The zero-order valence-electron chi connectivity index (χ0n) is 18.2. The predicted octanol–water partition coefficient (Wildman–Crippen LogP) is 4.57. The Kier molecular flexibility index (Phi) is 6.27. The lowest BCUT2D eigenvalue weighted by molar-refractivity contribution is -0.0440. The maximum absolute atomic E-state index is 13.3. The van der Waals surface area contributed by atoms with Crippen molar-refractivity contribution < 1.29 is 17.9 Å². The summed E-state index contributed by atoms with van der Waals surface area (Å²) in [5.74, 6) is -0.322. The number of sulfonamides is 1. The number of benzene rings is 3. The third-order valence-corrected chi connectivity index (χ3v) is 7.92. The molecule has 0 aliphatic carbocycles. The Labute approximate surface area is 193 Å². The normalized spacial score (nSPS) is 19.8.